The average Bonchev–Trinajstić information content (AvgIpc) is 1.58. The van der Waals surface area contributed by atoms with Crippen LogP contribution >= 0.6 is 0 Å². The van der Waals surface area contributed by atoms with E-state index in [1.54, 1.807) is 13.8 Å². The molecular formula is C7H10Li2O3. The summed E-state index contributed by atoms with van der Waals surface area (Å²) < 4.78 is 4.61. The average molecular weight is 156 g/mol. The Bertz CT molecular complexity index is 155. The molecule has 0 aromatic rings. The van der Waals surface area contributed by atoms with Crippen LogP contribution in [0.25, 0.3) is 0 Å². The van der Waals surface area contributed by atoms with E-state index in [4.69, 9.17) is 0 Å². The first kappa shape index (κ1) is 18.0. The van der Waals surface area contributed by atoms with Gasteiger partial charge in [0.1, 0.15) is 0 Å². The summed E-state index contributed by atoms with van der Waals surface area (Å²) in [4.78, 5) is 0. The molecule has 0 saturated carbocycles. The molecule has 0 aromatic heterocycles. The predicted molar refractivity (Wildman–Crippen MR) is 33.4 cm³/mol. The Balaban J connectivity index is -0.000000405. The van der Waals surface area contributed by atoms with Crippen LogP contribution in [0.1, 0.15) is 13.8 Å². The minimum absolute atomic E-state index is 0. The molecule has 3 nitrogen and oxygen atoms in total. The summed E-state index contributed by atoms with van der Waals surface area (Å²) in [5.74, 6) is -1.17. The van der Waals surface area contributed by atoms with Crippen LogP contribution in [-0.2, 0) is 4.74 Å². The topological polar surface area (TPSA) is 55.3 Å². The Labute approximate surface area is 96.8 Å². The standard InChI is InChI=1S/C7H12O3.2Li/c1-5(2)10-7(9)4-6(3)8;;/h4-5,8-9H,3H2,1-2H3;;/q;2*+1/p-2/b7-4+;;. The third-order valence-electron chi connectivity index (χ3n) is 0.631. The molecule has 0 aliphatic heterocycles. The van der Waals surface area contributed by atoms with Crippen LogP contribution in [0, 0.1) is 0 Å². The molecule has 0 aliphatic rings. The zero-order valence-electron chi connectivity index (χ0n) is 8.09. The molecule has 12 heavy (non-hydrogen) atoms. The molecule has 0 amide bonds. The van der Waals surface area contributed by atoms with Crippen molar-refractivity contribution in [1.82, 2.24) is 0 Å². The fourth-order valence-electron chi connectivity index (χ4n) is 0.398. The van der Waals surface area contributed by atoms with Gasteiger partial charge in [0.15, 0.2) is 0 Å². The molecule has 0 N–H and O–H groups in total. The zero-order chi connectivity index (χ0) is 8.15. The second-order valence-corrected chi connectivity index (χ2v) is 2.10. The summed E-state index contributed by atoms with van der Waals surface area (Å²) >= 11 is 0. The Morgan fingerprint density at radius 3 is 2.00 bits per heavy atom. The number of allylic oxidation sites excluding steroid dienone is 1. The summed E-state index contributed by atoms with van der Waals surface area (Å²) in [6.07, 6.45) is 0.628. The molecule has 0 spiro atoms. The number of ether oxygens (including phenoxy) is 1. The van der Waals surface area contributed by atoms with Gasteiger partial charge in [-0.25, -0.2) is 0 Å². The minimum Gasteiger partial charge on any atom is -0.873 e. The molecule has 0 fully saturated rings. The van der Waals surface area contributed by atoms with Gasteiger partial charge in [0, 0.05) is 0 Å². The van der Waals surface area contributed by atoms with Crippen molar-refractivity contribution in [2.24, 2.45) is 0 Å². The Morgan fingerprint density at radius 2 is 1.75 bits per heavy atom. The van der Waals surface area contributed by atoms with Gasteiger partial charge in [0.2, 0.25) is 0 Å². The Kier molecular flexibility index (Phi) is 13.7. The van der Waals surface area contributed by atoms with Gasteiger partial charge in [0.05, 0.1) is 5.95 Å². The molecule has 0 saturated heterocycles. The SMILES string of the molecule is C=C([O-])/C=C(\[O-])OC(C)C.[Li+].[Li+]. The van der Waals surface area contributed by atoms with E-state index < -0.39 is 11.7 Å². The maximum Gasteiger partial charge on any atom is 1.00 e. The van der Waals surface area contributed by atoms with Gasteiger partial charge in [-0.1, -0.05) is 13.8 Å². The molecule has 5 heteroatoms. The maximum atomic E-state index is 10.5. The van der Waals surface area contributed by atoms with Gasteiger partial charge < -0.3 is 14.9 Å². The number of hydrogen-bond donors (Lipinski definition) is 0. The van der Waals surface area contributed by atoms with Crippen LogP contribution in [0.5, 0.6) is 0 Å². The van der Waals surface area contributed by atoms with Crippen LogP contribution in [-0.4, -0.2) is 6.10 Å². The van der Waals surface area contributed by atoms with Crippen LogP contribution < -0.4 is 47.9 Å². The summed E-state index contributed by atoms with van der Waals surface area (Å²) in [7, 11) is 0. The molecule has 0 aliphatic carbocycles. The molecular weight excluding hydrogens is 146 g/mol. The molecule has 0 aromatic carbocycles. The van der Waals surface area contributed by atoms with E-state index in [2.05, 4.69) is 11.3 Å². The van der Waals surface area contributed by atoms with Gasteiger partial charge in [-0.05, 0) is 12.2 Å². The maximum absolute atomic E-state index is 10.5. The van der Waals surface area contributed by atoms with Crippen molar-refractivity contribution in [3.8, 4) is 0 Å². The Morgan fingerprint density at radius 1 is 1.33 bits per heavy atom. The van der Waals surface area contributed by atoms with Gasteiger partial charge >= 0.3 is 37.7 Å². The summed E-state index contributed by atoms with van der Waals surface area (Å²) in [5, 5.41) is 20.7. The number of rotatable bonds is 3. The van der Waals surface area contributed by atoms with Crippen molar-refractivity contribution in [2.75, 3.05) is 0 Å². The molecule has 58 valence electrons. The van der Waals surface area contributed by atoms with Crippen LogP contribution in [0.15, 0.2) is 24.4 Å². The minimum atomic E-state index is -0.630. The van der Waals surface area contributed by atoms with Crippen LogP contribution in [0.4, 0.5) is 0 Å². The van der Waals surface area contributed by atoms with Crippen molar-refractivity contribution < 1.29 is 52.7 Å². The van der Waals surface area contributed by atoms with E-state index in [1.807, 2.05) is 0 Å². The fraction of sp³-hybridized carbons (Fsp3) is 0.429. The van der Waals surface area contributed by atoms with Gasteiger partial charge in [-0.2, -0.15) is 0 Å². The first-order valence-electron chi connectivity index (χ1n) is 2.93. The Hall–Kier alpha value is 0.0748. The summed E-state index contributed by atoms with van der Waals surface area (Å²) in [6, 6.07) is 0. The van der Waals surface area contributed by atoms with Crippen LogP contribution in [0.2, 0.25) is 0 Å². The van der Waals surface area contributed by atoms with E-state index in [0.29, 0.717) is 0 Å². The van der Waals surface area contributed by atoms with Crippen molar-refractivity contribution in [1.29, 1.82) is 0 Å². The van der Waals surface area contributed by atoms with Gasteiger partial charge in [0.25, 0.3) is 0 Å². The van der Waals surface area contributed by atoms with E-state index in [-0.39, 0.29) is 43.8 Å². The van der Waals surface area contributed by atoms with Crippen molar-refractivity contribution in [3.05, 3.63) is 24.4 Å². The third kappa shape index (κ3) is 12.7. The smallest absolute Gasteiger partial charge is 0.873 e. The molecule has 0 heterocycles. The van der Waals surface area contributed by atoms with Crippen LogP contribution in [0.3, 0.4) is 0 Å². The van der Waals surface area contributed by atoms with Crippen molar-refractivity contribution in [2.45, 2.75) is 20.0 Å². The quantitative estimate of drug-likeness (QED) is 0.232. The van der Waals surface area contributed by atoms with Crippen molar-refractivity contribution >= 4 is 0 Å². The monoisotopic (exact) mass is 156 g/mol. The molecule has 0 unspecified atom stereocenters. The second-order valence-electron chi connectivity index (χ2n) is 2.10. The normalized spacial score (nSPS) is 9.75. The largest absolute Gasteiger partial charge is 1.00 e. The van der Waals surface area contributed by atoms with Gasteiger partial charge in [-0.3, -0.25) is 0 Å². The van der Waals surface area contributed by atoms with E-state index in [9.17, 15) is 10.2 Å². The van der Waals surface area contributed by atoms with Gasteiger partial charge in [-0.15, -0.1) is 12.3 Å². The molecule has 0 radical (unpaired) electrons. The summed E-state index contributed by atoms with van der Waals surface area (Å²) in [6.45, 7) is 6.41. The van der Waals surface area contributed by atoms with E-state index >= 15 is 0 Å². The van der Waals surface area contributed by atoms with Crippen molar-refractivity contribution in [3.63, 3.8) is 0 Å². The van der Waals surface area contributed by atoms with E-state index in [0.717, 1.165) is 6.08 Å². The molecule has 0 atom stereocenters. The first-order valence-corrected chi connectivity index (χ1v) is 2.93. The third-order valence-corrected chi connectivity index (χ3v) is 0.631. The molecule has 0 rings (SSSR count). The zero-order valence-corrected chi connectivity index (χ0v) is 8.09. The second kappa shape index (κ2) is 9.17. The summed E-state index contributed by atoms with van der Waals surface area (Å²) in [5.41, 5.74) is 0. The fourth-order valence-corrected chi connectivity index (χ4v) is 0.398. The van der Waals surface area contributed by atoms with E-state index in [1.165, 1.54) is 0 Å². The predicted octanol–water partition coefficient (Wildman–Crippen LogP) is -6.50. The first-order chi connectivity index (χ1) is 4.52. The molecule has 0 bridgehead atoms. The number of hydrogen-bond acceptors (Lipinski definition) is 3.